The van der Waals surface area contributed by atoms with Crippen LogP contribution < -0.4 is 10.6 Å². The molecule has 19 heavy (non-hydrogen) atoms. The highest BCUT2D eigenvalue weighted by atomic mass is 16.5. The summed E-state index contributed by atoms with van der Waals surface area (Å²) in [6, 6.07) is -0.494. The first-order valence-corrected chi connectivity index (χ1v) is 5.45. The second-order valence-electron chi connectivity index (χ2n) is 3.89. The Morgan fingerprint density at radius 3 is 1.84 bits per heavy atom. The van der Waals surface area contributed by atoms with Gasteiger partial charge < -0.3 is 20.1 Å². The lowest BCUT2D eigenvalue weighted by Gasteiger charge is -2.29. The Labute approximate surface area is 111 Å². The molecule has 0 saturated carbocycles. The van der Waals surface area contributed by atoms with Gasteiger partial charge in [-0.25, -0.2) is 14.4 Å². The van der Waals surface area contributed by atoms with Crippen molar-refractivity contribution < 1.29 is 23.9 Å². The smallest absolute Gasteiger partial charge is 0.330 e. The molecule has 2 N–H and O–H groups in total. The van der Waals surface area contributed by atoms with E-state index in [4.69, 9.17) is 9.47 Å². The molecule has 0 aromatic rings. The maximum Gasteiger partial charge on any atom is 0.330 e. The number of amides is 2. The number of hydrogen-bond acceptors (Lipinski definition) is 5. The number of nitrogens with one attached hydrogen (secondary N) is 2. The van der Waals surface area contributed by atoms with Gasteiger partial charge in [0.15, 0.2) is 0 Å². The number of carbonyl (C=O) groups excluding carboxylic acids is 3. The lowest BCUT2D eigenvalue weighted by Crippen LogP contribution is -2.55. The summed E-state index contributed by atoms with van der Waals surface area (Å²) < 4.78 is 9.70. The predicted octanol–water partition coefficient (Wildman–Crippen LogP) is 0.132. The van der Waals surface area contributed by atoms with Crippen LogP contribution >= 0.6 is 0 Å². The molecule has 7 nitrogen and oxygen atoms in total. The van der Waals surface area contributed by atoms with Crippen LogP contribution in [0.25, 0.3) is 0 Å². The van der Waals surface area contributed by atoms with Crippen molar-refractivity contribution in [1.82, 2.24) is 10.6 Å². The van der Waals surface area contributed by atoms with Gasteiger partial charge in [0.25, 0.3) is 0 Å². The van der Waals surface area contributed by atoms with E-state index < -0.39 is 23.5 Å². The van der Waals surface area contributed by atoms with E-state index >= 15 is 0 Å². The second-order valence-corrected chi connectivity index (χ2v) is 3.89. The van der Waals surface area contributed by atoms with Crippen LogP contribution in [0.15, 0.2) is 25.3 Å². The lowest BCUT2D eigenvalue weighted by molar-refractivity contribution is -0.144. The molecule has 0 rings (SSSR count). The predicted molar refractivity (Wildman–Crippen MR) is 68.3 cm³/mol. The van der Waals surface area contributed by atoms with Crippen molar-refractivity contribution in [3.05, 3.63) is 25.3 Å². The molecule has 0 unspecified atom stereocenters. The highest BCUT2D eigenvalue weighted by molar-refractivity contribution is 5.82. The first-order valence-electron chi connectivity index (χ1n) is 5.45. The zero-order valence-electron chi connectivity index (χ0n) is 11.0. The Balaban J connectivity index is 4.64. The van der Waals surface area contributed by atoms with E-state index in [0.29, 0.717) is 0 Å². The molecule has 0 atom stereocenters. The lowest BCUT2D eigenvalue weighted by atomic mass is 10.1. The molecule has 0 aromatic heterocycles. The largest absolute Gasteiger partial charge is 0.460 e. The zero-order valence-corrected chi connectivity index (χ0v) is 11.0. The van der Waals surface area contributed by atoms with Crippen LogP contribution in [0.3, 0.4) is 0 Å². The summed E-state index contributed by atoms with van der Waals surface area (Å²) in [7, 11) is 1.43. The van der Waals surface area contributed by atoms with Crippen molar-refractivity contribution in [2.45, 2.75) is 12.5 Å². The number of hydrogen-bond donors (Lipinski definition) is 2. The molecule has 0 fully saturated rings. The van der Waals surface area contributed by atoms with E-state index in [1.807, 2.05) is 0 Å². The summed E-state index contributed by atoms with van der Waals surface area (Å²) in [5, 5.41) is 4.88. The summed E-state index contributed by atoms with van der Waals surface area (Å²) in [6.07, 6.45) is 1.99. The van der Waals surface area contributed by atoms with Crippen LogP contribution in [0.2, 0.25) is 0 Å². The first kappa shape index (κ1) is 16.7. The molecule has 7 heteroatoms. The Hall–Kier alpha value is -2.31. The molecular formula is C12H18N2O5. The fraction of sp³-hybridized carbons (Fsp3) is 0.417. The maximum absolute atomic E-state index is 11.3. The number of urea groups is 1. The minimum atomic E-state index is -1.06. The van der Waals surface area contributed by atoms with Crippen molar-refractivity contribution in [1.29, 1.82) is 0 Å². The Morgan fingerprint density at radius 2 is 1.53 bits per heavy atom. The number of ether oxygens (including phenoxy) is 2. The van der Waals surface area contributed by atoms with Gasteiger partial charge >= 0.3 is 18.0 Å². The molecule has 2 amide bonds. The fourth-order valence-electron chi connectivity index (χ4n) is 1.03. The Morgan fingerprint density at radius 1 is 1.11 bits per heavy atom. The molecule has 0 aromatic carbocycles. The number of carbonyl (C=O) groups is 3. The minimum Gasteiger partial charge on any atom is -0.460 e. The van der Waals surface area contributed by atoms with Crippen molar-refractivity contribution in [2.24, 2.45) is 0 Å². The standard InChI is InChI=1S/C12H18N2O5/c1-5-9(15)18-7-12(3,14-11(17)13-4)8-19-10(16)6-2/h5-6H,1-2,7-8H2,3-4H3,(H2,13,14,17). The van der Waals surface area contributed by atoms with Gasteiger partial charge in [0.05, 0.1) is 0 Å². The molecule has 0 saturated heterocycles. The third-order valence-corrected chi connectivity index (χ3v) is 2.04. The van der Waals surface area contributed by atoms with Gasteiger partial charge in [-0.15, -0.1) is 0 Å². The maximum atomic E-state index is 11.3. The molecule has 0 radical (unpaired) electrons. The van der Waals surface area contributed by atoms with Gasteiger partial charge in [0, 0.05) is 19.2 Å². The van der Waals surface area contributed by atoms with Crippen LogP contribution in [0.4, 0.5) is 4.79 Å². The van der Waals surface area contributed by atoms with Crippen molar-refractivity contribution >= 4 is 18.0 Å². The van der Waals surface area contributed by atoms with Gasteiger partial charge in [0.2, 0.25) is 0 Å². The molecular weight excluding hydrogens is 252 g/mol. The van der Waals surface area contributed by atoms with E-state index in [1.54, 1.807) is 6.92 Å². The molecule has 0 aliphatic rings. The van der Waals surface area contributed by atoms with E-state index in [9.17, 15) is 14.4 Å². The van der Waals surface area contributed by atoms with Crippen molar-refractivity contribution in [3.63, 3.8) is 0 Å². The van der Waals surface area contributed by atoms with Gasteiger partial charge in [-0.05, 0) is 6.92 Å². The van der Waals surface area contributed by atoms with E-state index in [-0.39, 0.29) is 13.2 Å². The van der Waals surface area contributed by atoms with Gasteiger partial charge in [-0.2, -0.15) is 0 Å². The topological polar surface area (TPSA) is 93.7 Å². The van der Waals surface area contributed by atoms with Crippen LogP contribution in [-0.2, 0) is 19.1 Å². The molecule has 0 spiro atoms. The monoisotopic (exact) mass is 270 g/mol. The quantitative estimate of drug-likeness (QED) is 0.506. The van der Waals surface area contributed by atoms with Gasteiger partial charge in [-0.1, -0.05) is 13.2 Å². The zero-order chi connectivity index (χ0) is 14.9. The van der Waals surface area contributed by atoms with E-state index in [0.717, 1.165) is 12.2 Å². The SMILES string of the molecule is C=CC(=O)OCC(C)(COC(=O)C=C)NC(=O)NC. The van der Waals surface area contributed by atoms with Crippen LogP contribution in [0.5, 0.6) is 0 Å². The summed E-state index contributed by atoms with van der Waals surface area (Å²) in [5.74, 6) is -1.28. The van der Waals surface area contributed by atoms with Gasteiger partial charge in [-0.3, -0.25) is 0 Å². The molecule has 0 aliphatic heterocycles. The minimum absolute atomic E-state index is 0.171. The van der Waals surface area contributed by atoms with Crippen molar-refractivity contribution in [3.8, 4) is 0 Å². The number of rotatable bonds is 7. The molecule has 106 valence electrons. The van der Waals surface area contributed by atoms with Crippen LogP contribution in [0, 0.1) is 0 Å². The Bertz CT molecular complexity index is 354. The van der Waals surface area contributed by atoms with Crippen LogP contribution in [-0.4, -0.2) is 43.8 Å². The third-order valence-electron chi connectivity index (χ3n) is 2.04. The third kappa shape index (κ3) is 6.87. The normalized spacial score (nSPS) is 10.0. The number of esters is 2. The van der Waals surface area contributed by atoms with E-state index in [1.165, 1.54) is 7.05 Å². The van der Waals surface area contributed by atoms with Gasteiger partial charge in [0.1, 0.15) is 18.8 Å². The average Bonchev–Trinajstić information content (AvgIpc) is 2.42. The summed E-state index contributed by atoms with van der Waals surface area (Å²) in [4.78, 5) is 33.3. The fourth-order valence-corrected chi connectivity index (χ4v) is 1.03. The van der Waals surface area contributed by atoms with E-state index in [2.05, 4.69) is 23.8 Å². The summed E-state index contributed by atoms with van der Waals surface area (Å²) in [6.45, 7) is 7.73. The summed E-state index contributed by atoms with van der Waals surface area (Å²) in [5.41, 5.74) is -1.06. The Kier molecular flexibility index (Phi) is 6.95. The van der Waals surface area contributed by atoms with Crippen LogP contribution in [0.1, 0.15) is 6.92 Å². The highest BCUT2D eigenvalue weighted by Gasteiger charge is 2.29. The highest BCUT2D eigenvalue weighted by Crippen LogP contribution is 2.07. The summed E-state index contributed by atoms with van der Waals surface area (Å²) >= 11 is 0. The second kappa shape index (κ2) is 7.91. The van der Waals surface area contributed by atoms with Crippen molar-refractivity contribution in [2.75, 3.05) is 20.3 Å². The molecule has 0 bridgehead atoms. The molecule has 0 heterocycles. The first-order chi connectivity index (χ1) is 8.86. The average molecular weight is 270 g/mol. The molecule has 0 aliphatic carbocycles.